The molecule has 1 aliphatic rings. The molecule has 0 saturated heterocycles. The fraction of sp³-hybridized carbons (Fsp3) is 0.550. The summed E-state index contributed by atoms with van der Waals surface area (Å²) in [6.07, 6.45) is 3.49. The van der Waals surface area contributed by atoms with Crippen molar-refractivity contribution in [3.05, 3.63) is 36.0 Å². The van der Waals surface area contributed by atoms with E-state index in [1.165, 1.54) is 12.1 Å². The fourth-order valence-corrected chi connectivity index (χ4v) is 2.89. The minimum atomic E-state index is -0.664. The Kier molecular flexibility index (Phi) is 9.53. The zero-order valence-electron chi connectivity index (χ0n) is 16.5. The molecule has 0 fully saturated rings. The van der Waals surface area contributed by atoms with Gasteiger partial charge >= 0.3 is 6.09 Å². The summed E-state index contributed by atoms with van der Waals surface area (Å²) in [6.45, 7) is 8.33. The van der Waals surface area contributed by atoms with E-state index in [-0.39, 0.29) is 49.7 Å². The van der Waals surface area contributed by atoms with Crippen LogP contribution in [0.5, 0.6) is 5.75 Å². The largest absolute Gasteiger partial charge is 0.414 e. The number of nitrogens with one attached hydrogen (secondary N) is 2. The van der Waals surface area contributed by atoms with Crippen LogP contribution in [0.3, 0.4) is 0 Å². The van der Waals surface area contributed by atoms with Gasteiger partial charge in [0.05, 0.1) is 6.04 Å². The maximum atomic E-state index is 13.4. The Morgan fingerprint density at radius 1 is 1.44 bits per heavy atom. The first kappa shape index (κ1) is 24.2. The van der Waals surface area contributed by atoms with Gasteiger partial charge in [-0.15, -0.1) is 6.42 Å². The summed E-state index contributed by atoms with van der Waals surface area (Å²) in [5, 5.41) is 5.91. The van der Waals surface area contributed by atoms with E-state index in [0.717, 1.165) is 12.8 Å². The standard InChI is InChI=1S/C20H28FN2O3.Y/c1-5-7-16(24)15(10-11-20(3,4)6-2)22-18-14-9-8-13(21)12-17(14)26-19(25)23-18;/h5,8-9,12,15,18,22H,6-7,10-11H2,1-4H3,(H,23,25);/q-1;/t15-,18?;/m0./s1. The molecule has 1 aromatic rings. The number of carbonyl (C=O) groups is 2. The van der Waals surface area contributed by atoms with E-state index in [0.29, 0.717) is 18.4 Å². The van der Waals surface area contributed by atoms with Crippen LogP contribution < -0.4 is 15.4 Å². The number of hydrogen-bond donors (Lipinski definition) is 2. The molecule has 147 valence electrons. The van der Waals surface area contributed by atoms with Crippen LogP contribution in [-0.2, 0) is 37.5 Å². The predicted octanol–water partition coefficient (Wildman–Crippen LogP) is 4.28. The van der Waals surface area contributed by atoms with Crippen molar-refractivity contribution in [3.63, 3.8) is 0 Å². The van der Waals surface area contributed by atoms with Crippen LogP contribution in [0.2, 0.25) is 0 Å². The van der Waals surface area contributed by atoms with Crippen LogP contribution >= 0.6 is 0 Å². The summed E-state index contributed by atoms with van der Waals surface area (Å²) < 4.78 is 18.5. The first-order valence-corrected chi connectivity index (χ1v) is 9.10. The van der Waals surface area contributed by atoms with Gasteiger partial charge in [0.2, 0.25) is 0 Å². The summed E-state index contributed by atoms with van der Waals surface area (Å²) in [5.41, 5.74) is 0.745. The number of amides is 1. The number of halogens is 1. The molecule has 1 aromatic carbocycles. The van der Waals surface area contributed by atoms with E-state index < -0.39 is 24.1 Å². The second-order valence-electron chi connectivity index (χ2n) is 7.50. The zero-order chi connectivity index (χ0) is 19.3. The van der Waals surface area contributed by atoms with Crippen LogP contribution in [0, 0.1) is 17.7 Å². The molecular formula is C20H28FN2O3Y-. The van der Waals surface area contributed by atoms with Crippen molar-refractivity contribution in [1.82, 2.24) is 10.6 Å². The molecule has 0 saturated carbocycles. The van der Waals surface area contributed by atoms with E-state index in [1.807, 2.05) is 13.3 Å². The van der Waals surface area contributed by atoms with Crippen molar-refractivity contribution in [1.29, 1.82) is 0 Å². The molecule has 5 nitrogen and oxygen atoms in total. The third-order valence-corrected chi connectivity index (χ3v) is 4.98. The quantitative estimate of drug-likeness (QED) is 0.549. The van der Waals surface area contributed by atoms with E-state index >= 15 is 0 Å². The molecule has 0 aromatic heterocycles. The normalized spacial score (nSPS) is 17.2. The van der Waals surface area contributed by atoms with E-state index in [1.54, 1.807) is 6.07 Å². The molecule has 2 N–H and O–H groups in total. The van der Waals surface area contributed by atoms with Crippen molar-refractivity contribution in [3.8, 4) is 5.75 Å². The van der Waals surface area contributed by atoms with Gasteiger partial charge in [0.15, 0.2) is 0 Å². The average molecular weight is 452 g/mol. The molecule has 0 bridgehead atoms. The summed E-state index contributed by atoms with van der Waals surface area (Å²) in [5.74, 6) is -0.229. The first-order valence-electron chi connectivity index (χ1n) is 9.10. The van der Waals surface area contributed by atoms with Crippen molar-refractivity contribution >= 4 is 11.9 Å². The molecule has 1 unspecified atom stereocenters. The van der Waals surface area contributed by atoms with Gasteiger partial charge in [-0.05, 0) is 30.4 Å². The third-order valence-electron chi connectivity index (χ3n) is 4.98. The van der Waals surface area contributed by atoms with Crippen LogP contribution in [-0.4, -0.2) is 17.9 Å². The number of ketones is 1. The van der Waals surface area contributed by atoms with Gasteiger partial charge < -0.3 is 21.3 Å². The Morgan fingerprint density at radius 2 is 2.15 bits per heavy atom. The van der Waals surface area contributed by atoms with Crippen LogP contribution in [0.4, 0.5) is 9.18 Å². The summed E-state index contributed by atoms with van der Waals surface area (Å²) >= 11 is 0. The van der Waals surface area contributed by atoms with E-state index in [9.17, 15) is 14.0 Å². The third kappa shape index (κ3) is 6.92. The van der Waals surface area contributed by atoms with Crippen LogP contribution in [0.1, 0.15) is 65.1 Å². The smallest absolute Gasteiger partial charge is 0.410 e. The van der Waals surface area contributed by atoms with Gasteiger partial charge in [0, 0.05) is 44.3 Å². The van der Waals surface area contributed by atoms with Gasteiger partial charge in [-0.25, -0.2) is 9.18 Å². The van der Waals surface area contributed by atoms with Crippen LogP contribution in [0.25, 0.3) is 0 Å². The molecule has 2 atom stereocenters. The minimum Gasteiger partial charge on any atom is -0.410 e. The number of carbonyl (C=O) groups excluding carboxylic acids is 2. The number of fused-ring (bicyclic) bond motifs is 1. The molecule has 0 spiro atoms. The second kappa shape index (κ2) is 10.6. The molecule has 1 aliphatic heterocycles. The number of Topliss-reactive ketones (excluding diaryl/α,β-unsaturated/α-hetero) is 1. The predicted molar refractivity (Wildman–Crippen MR) is 98.1 cm³/mol. The van der Waals surface area contributed by atoms with Crippen molar-refractivity contribution in [2.45, 2.75) is 65.6 Å². The Labute approximate surface area is 186 Å². The van der Waals surface area contributed by atoms with Gasteiger partial charge in [-0.2, -0.15) is 6.92 Å². The molecule has 7 heteroatoms. The minimum absolute atomic E-state index is 0. The average Bonchev–Trinajstić information content (AvgIpc) is 2.58. The number of benzene rings is 1. The van der Waals surface area contributed by atoms with E-state index in [4.69, 9.17) is 4.74 Å². The summed E-state index contributed by atoms with van der Waals surface area (Å²) in [6, 6.07) is 3.65. The molecular weight excluding hydrogens is 424 g/mol. The van der Waals surface area contributed by atoms with Gasteiger partial charge in [0.1, 0.15) is 23.5 Å². The molecule has 1 amide bonds. The molecule has 27 heavy (non-hydrogen) atoms. The molecule has 1 radical (unpaired) electrons. The molecule has 2 rings (SSSR count). The molecule has 1 heterocycles. The van der Waals surface area contributed by atoms with Gasteiger partial charge in [-0.3, -0.25) is 5.32 Å². The SMILES string of the molecule is C[CH-]CC(=O)[C@H](CCC(C)(C)CC)NC1NC(=O)Oc2cc(F)ccc21.[Y]. The second-order valence-corrected chi connectivity index (χ2v) is 7.50. The van der Waals surface area contributed by atoms with Crippen molar-refractivity contribution in [2.24, 2.45) is 5.41 Å². The summed E-state index contributed by atoms with van der Waals surface area (Å²) in [4.78, 5) is 24.4. The Morgan fingerprint density at radius 3 is 2.78 bits per heavy atom. The topological polar surface area (TPSA) is 67.4 Å². The number of hydrogen-bond acceptors (Lipinski definition) is 4. The van der Waals surface area contributed by atoms with Gasteiger partial charge in [-0.1, -0.05) is 27.2 Å². The maximum absolute atomic E-state index is 13.4. The Hall–Kier alpha value is -0.846. The van der Waals surface area contributed by atoms with Crippen LogP contribution in [0.15, 0.2) is 18.2 Å². The van der Waals surface area contributed by atoms with Gasteiger partial charge in [0.25, 0.3) is 0 Å². The number of ether oxygens (including phenoxy) is 1. The number of rotatable bonds is 9. The van der Waals surface area contributed by atoms with E-state index in [2.05, 4.69) is 31.4 Å². The Bertz CT molecular complexity index is 667. The zero-order valence-corrected chi connectivity index (χ0v) is 19.3. The Balaban J connectivity index is 0.00000364. The van der Waals surface area contributed by atoms with Crippen molar-refractivity contribution in [2.75, 3.05) is 0 Å². The molecule has 0 aliphatic carbocycles. The maximum Gasteiger partial charge on any atom is 0.414 e. The summed E-state index contributed by atoms with van der Waals surface area (Å²) in [7, 11) is 0. The fourth-order valence-electron chi connectivity index (χ4n) is 2.89. The monoisotopic (exact) mass is 452 g/mol. The first-order chi connectivity index (χ1) is 12.3. The van der Waals surface area contributed by atoms with Crippen molar-refractivity contribution < 1.29 is 51.4 Å².